The predicted molar refractivity (Wildman–Crippen MR) is 76.4 cm³/mol. The van der Waals surface area contributed by atoms with Crippen LogP contribution in [-0.4, -0.2) is 73.1 Å². The van der Waals surface area contributed by atoms with Crippen LogP contribution in [0.15, 0.2) is 0 Å². The van der Waals surface area contributed by atoms with Gasteiger partial charge in [0.15, 0.2) is 9.84 Å². The molecule has 0 radical (unpaired) electrons. The van der Waals surface area contributed by atoms with Crippen LogP contribution in [0.5, 0.6) is 0 Å². The standard InChI is InChI=1S/C13H24N2O4S/c1-5-14-6-7-15(12(16)19-13(2,3)4)11-9-20(17,18)8-10(11)14/h10-11H,5-9H2,1-4H3/t10-,11-/m1/s1. The second kappa shape index (κ2) is 5.18. The van der Waals surface area contributed by atoms with Crippen LogP contribution in [0.3, 0.4) is 0 Å². The van der Waals surface area contributed by atoms with Crippen molar-refractivity contribution in [3.8, 4) is 0 Å². The van der Waals surface area contributed by atoms with Crippen molar-refractivity contribution in [2.75, 3.05) is 31.1 Å². The number of ether oxygens (including phenoxy) is 1. The molecule has 0 saturated carbocycles. The van der Waals surface area contributed by atoms with E-state index < -0.39 is 21.5 Å². The van der Waals surface area contributed by atoms with Gasteiger partial charge in [-0.2, -0.15) is 0 Å². The van der Waals surface area contributed by atoms with Crippen molar-refractivity contribution in [1.82, 2.24) is 9.80 Å². The lowest BCUT2D eigenvalue weighted by Crippen LogP contribution is -2.61. The maximum absolute atomic E-state index is 12.3. The molecular formula is C13H24N2O4S. The average molecular weight is 304 g/mol. The number of fused-ring (bicyclic) bond motifs is 1. The van der Waals surface area contributed by atoms with Gasteiger partial charge in [0.25, 0.3) is 0 Å². The molecule has 0 aromatic heterocycles. The van der Waals surface area contributed by atoms with Gasteiger partial charge in [0, 0.05) is 19.1 Å². The molecule has 0 N–H and O–H groups in total. The molecular weight excluding hydrogens is 280 g/mol. The van der Waals surface area contributed by atoms with Gasteiger partial charge in [0.2, 0.25) is 0 Å². The van der Waals surface area contributed by atoms with Crippen molar-refractivity contribution < 1.29 is 17.9 Å². The average Bonchev–Trinajstić information content (AvgIpc) is 2.59. The Morgan fingerprint density at radius 2 is 1.80 bits per heavy atom. The van der Waals surface area contributed by atoms with Crippen molar-refractivity contribution in [3.63, 3.8) is 0 Å². The zero-order valence-corrected chi connectivity index (χ0v) is 13.4. The second-order valence-electron chi connectivity index (χ2n) is 6.51. The third kappa shape index (κ3) is 3.25. The number of rotatable bonds is 1. The molecule has 0 unspecified atom stereocenters. The monoisotopic (exact) mass is 304 g/mol. The zero-order valence-electron chi connectivity index (χ0n) is 12.6. The molecule has 2 saturated heterocycles. The molecule has 0 bridgehead atoms. The van der Waals surface area contributed by atoms with E-state index in [-0.39, 0.29) is 23.6 Å². The molecule has 2 heterocycles. The number of sulfone groups is 1. The fourth-order valence-electron chi connectivity index (χ4n) is 2.96. The number of amides is 1. The molecule has 2 atom stereocenters. The van der Waals surface area contributed by atoms with E-state index in [1.807, 2.05) is 27.7 Å². The highest BCUT2D eigenvalue weighted by Crippen LogP contribution is 2.28. The van der Waals surface area contributed by atoms with Crippen molar-refractivity contribution in [3.05, 3.63) is 0 Å². The zero-order chi connectivity index (χ0) is 15.1. The Balaban J connectivity index is 2.18. The molecule has 2 rings (SSSR count). The van der Waals surface area contributed by atoms with Gasteiger partial charge in [0.1, 0.15) is 5.60 Å². The molecule has 0 aromatic rings. The molecule has 20 heavy (non-hydrogen) atoms. The van der Waals surface area contributed by atoms with E-state index in [0.29, 0.717) is 13.1 Å². The number of hydrogen-bond acceptors (Lipinski definition) is 5. The van der Waals surface area contributed by atoms with Crippen LogP contribution < -0.4 is 0 Å². The van der Waals surface area contributed by atoms with Crippen LogP contribution in [0.25, 0.3) is 0 Å². The van der Waals surface area contributed by atoms with Crippen LogP contribution in [0.4, 0.5) is 4.79 Å². The summed E-state index contributed by atoms with van der Waals surface area (Å²) < 4.78 is 29.2. The van der Waals surface area contributed by atoms with E-state index >= 15 is 0 Å². The third-order valence-corrected chi connectivity index (χ3v) is 5.52. The Labute approximate surface area is 121 Å². The van der Waals surface area contributed by atoms with E-state index in [2.05, 4.69) is 4.90 Å². The Morgan fingerprint density at radius 3 is 2.35 bits per heavy atom. The number of carbonyl (C=O) groups excluding carboxylic acids is 1. The van der Waals surface area contributed by atoms with E-state index in [1.165, 1.54) is 0 Å². The number of hydrogen-bond donors (Lipinski definition) is 0. The van der Waals surface area contributed by atoms with Crippen LogP contribution in [0, 0.1) is 0 Å². The predicted octanol–water partition coefficient (Wildman–Crippen LogP) is 0.725. The van der Waals surface area contributed by atoms with Gasteiger partial charge >= 0.3 is 6.09 Å². The first-order valence-electron chi connectivity index (χ1n) is 7.07. The van der Waals surface area contributed by atoms with E-state index in [4.69, 9.17) is 4.74 Å². The molecule has 2 aliphatic rings. The smallest absolute Gasteiger partial charge is 0.410 e. The first-order valence-corrected chi connectivity index (χ1v) is 8.89. The summed E-state index contributed by atoms with van der Waals surface area (Å²) in [5.74, 6) is 0.193. The van der Waals surface area contributed by atoms with Crippen molar-refractivity contribution in [1.29, 1.82) is 0 Å². The summed E-state index contributed by atoms with van der Waals surface area (Å²) in [5, 5.41) is 0. The molecule has 2 aliphatic heterocycles. The molecule has 1 amide bonds. The highest BCUT2D eigenvalue weighted by Gasteiger charge is 2.48. The third-order valence-electron chi connectivity index (χ3n) is 3.83. The molecule has 7 heteroatoms. The minimum Gasteiger partial charge on any atom is -0.444 e. The minimum atomic E-state index is -3.07. The maximum Gasteiger partial charge on any atom is 0.410 e. The largest absolute Gasteiger partial charge is 0.444 e. The lowest BCUT2D eigenvalue weighted by atomic mass is 10.1. The van der Waals surface area contributed by atoms with Gasteiger partial charge in [0.05, 0.1) is 17.5 Å². The lowest BCUT2D eigenvalue weighted by molar-refractivity contribution is -0.00796. The highest BCUT2D eigenvalue weighted by atomic mass is 32.2. The van der Waals surface area contributed by atoms with Gasteiger partial charge in [-0.3, -0.25) is 4.90 Å². The van der Waals surface area contributed by atoms with E-state index in [0.717, 1.165) is 6.54 Å². The maximum atomic E-state index is 12.3. The molecule has 0 aliphatic carbocycles. The van der Waals surface area contributed by atoms with Crippen LogP contribution in [0.2, 0.25) is 0 Å². The van der Waals surface area contributed by atoms with E-state index in [9.17, 15) is 13.2 Å². The Bertz CT molecular complexity index is 483. The van der Waals surface area contributed by atoms with Crippen LogP contribution >= 0.6 is 0 Å². The van der Waals surface area contributed by atoms with Gasteiger partial charge < -0.3 is 9.64 Å². The summed E-state index contributed by atoms with van der Waals surface area (Å²) >= 11 is 0. The summed E-state index contributed by atoms with van der Waals surface area (Å²) in [7, 11) is -3.07. The molecule has 6 nitrogen and oxygen atoms in total. The molecule has 116 valence electrons. The number of likely N-dealkylation sites (N-methyl/N-ethyl adjacent to an activating group) is 1. The summed E-state index contributed by atoms with van der Waals surface area (Å²) in [6.07, 6.45) is -0.402. The number of carbonyl (C=O) groups is 1. The quantitative estimate of drug-likeness (QED) is 0.714. The highest BCUT2D eigenvalue weighted by molar-refractivity contribution is 7.91. The summed E-state index contributed by atoms with van der Waals surface area (Å²) in [5.41, 5.74) is -0.564. The van der Waals surface area contributed by atoms with Crippen molar-refractivity contribution in [2.24, 2.45) is 0 Å². The summed E-state index contributed by atoms with van der Waals surface area (Å²) in [6.45, 7) is 9.50. The Morgan fingerprint density at radius 1 is 1.20 bits per heavy atom. The Hall–Kier alpha value is -0.820. The lowest BCUT2D eigenvalue weighted by Gasteiger charge is -2.43. The topological polar surface area (TPSA) is 66.9 Å². The fourth-order valence-corrected chi connectivity index (χ4v) is 4.98. The Kier molecular flexibility index (Phi) is 4.03. The minimum absolute atomic E-state index is 0.0490. The normalized spacial score (nSPS) is 30.1. The number of nitrogens with zero attached hydrogens (tertiary/aromatic N) is 2. The number of piperazine rings is 1. The van der Waals surface area contributed by atoms with E-state index in [1.54, 1.807) is 4.90 Å². The second-order valence-corrected chi connectivity index (χ2v) is 8.67. The van der Waals surface area contributed by atoms with Gasteiger partial charge in [-0.1, -0.05) is 6.92 Å². The first-order chi connectivity index (χ1) is 9.13. The van der Waals surface area contributed by atoms with Gasteiger partial charge in [-0.05, 0) is 27.3 Å². The first kappa shape index (κ1) is 15.6. The molecule has 0 spiro atoms. The fraction of sp³-hybridized carbons (Fsp3) is 0.923. The van der Waals surface area contributed by atoms with Crippen LogP contribution in [0.1, 0.15) is 27.7 Å². The van der Waals surface area contributed by atoms with Gasteiger partial charge in [-0.15, -0.1) is 0 Å². The molecule has 0 aromatic carbocycles. The van der Waals surface area contributed by atoms with Gasteiger partial charge in [-0.25, -0.2) is 13.2 Å². The SMILES string of the molecule is CCN1CCN(C(=O)OC(C)(C)C)[C@@H]2CS(=O)(=O)C[C@H]21. The van der Waals surface area contributed by atoms with Crippen molar-refractivity contribution in [2.45, 2.75) is 45.4 Å². The van der Waals surface area contributed by atoms with Crippen LogP contribution in [-0.2, 0) is 14.6 Å². The summed E-state index contributed by atoms with van der Waals surface area (Å²) in [4.78, 5) is 16.0. The molecule has 2 fully saturated rings. The van der Waals surface area contributed by atoms with Crippen molar-refractivity contribution >= 4 is 15.9 Å². The summed E-state index contributed by atoms with van der Waals surface area (Å²) in [6, 6.07) is -0.366.